The maximum absolute atomic E-state index is 12.6. The quantitative estimate of drug-likeness (QED) is 0.756. The summed E-state index contributed by atoms with van der Waals surface area (Å²) < 4.78 is 6.00. The lowest BCUT2D eigenvalue weighted by Gasteiger charge is -2.16. The van der Waals surface area contributed by atoms with E-state index in [4.69, 9.17) is 16.3 Å². The van der Waals surface area contributed by atoms with Crippen LogP contribution in [0, 0.1) is 0 Å². The van der Waals surface area contributed by atoms with Gasteiger partial charge in [-0.2, -0.15) is 0 Å². The Morgan fingerprint density at radius 1 is 1.16 bits per heavy atom. The van der Waals surface area contributed by atoms with Gasteiger partial charge in [0, 0.05) is 11.6 Å². The van der Waals surface area contributed by atoms with Crippen molar-refractivity contribution in [1.29, 1.82) is 0 Å². The van der Waals surface area contributed by atoms with E-state index < -0.39 is 6.10 Å². The summed E-state index contributed by atoms with van der Waals surface area (Å²) in [5.41, 5.74) is 1.25. The van der Waals surface area contributed by atoms with Crippen LogP contribution in [0.1, 0.15) is 22.0 Å². The van der Waals surface area contributed by atoms with E-state index in [9.17, 15) is 4.79 Å². The fourth-order valence-corrected chi connectivity index (χ4v) is 2.83. The van der Waals surface area contributed by atoms with Crippen LogP contribution in [0.4, 0.5) is 0 Å². The molecule has 0 aromatic heterocycles. The van der Waals surface area contributed by atoms with Gasteiger partial charge in [0.05, 0.1) is 10.6 Å². The third-order valence-corrected chi connectivity index (χ3v) is 3.76. The summed E-state index contributed by atoms with van der Waals surface area (Å²) >= 11 is 9.46. The molecule has 0 aliphatic carbocycles. The number of carbonyl (C=O) groups is 1. The van der Waals surface area contributed by atoms with Crippen molar-refractivity contribution in [3.8, 4) is 0 Å². The fraction of sp³-hybridized carbons (Fsp3) is 0.133. The molecule has 0 heterocycles. The molecule has 4 heteroatoms. The highest BCUT2D eigenvalue weighted by Gasteiger charge is 2.25. The largest absolute Gasteiger partial charge is 0.369 e. The molecule has 0 radical (unpaired) electrons. The summed E-state index contributed by atoms with van der Waals surface area (Å²) in [7, 11) is 1.51. The number of carbonyl (C=O) groups excluding carboxylic acids is 1. The minimum absolute atomic E-state index is 0.161. The maximum atomic E-state index is 12.6. The topological polar surface area (TPSA) is 26.3 Å². The van der Waals surface area contributed by atoms with Gasteiger partial charge in [-0.05, 0) is 33.6 Å². The predicted molar refractivity (Wildman–Crippen MR) is 79.7 cm³/mol. The lowest BCUT2D eigenvalue weighted by atomic mass is 10.00. The van der Waals surface area contributed by atoms with Crippen molar-refractivity contribution in [2.75, 3.05) is 7.11 Å². The third kappa shape index (κ3) is 3.06. The number of ether oxygens (including phenoxy) is 1. The molecule has 0 saturated carbocycles. The summed E-state index contributed by atoms with van der Waals surface area (Å²) in [6.45, 7) is 0. The number of hydrogen-bond acceptors (Lipinski definition) is 2. The number of hydrogen-bond donors (Lipinski definition) is 0. The van der Waals surface area contributed by atoms with Crippen molar-refractivity contribution >= 4 is 33.3 Å². The molecule has 2 nitrogen and oxygen atoms in total. The van der Waals surface area contributed by atoms with Crippen LogP contribution in [0.2, 0.25) is 5.02 Å². The van der Waals surface area contributed by atoms with Gasteiger partial charge in [0.25, 0.3) is 0 Å². The standard InChI is InChI=1S/C15H12BrClO2/c1-19-15(10-6-3-2-4-7-10)14(18)13-11(16)8-5-9-12(13)17/h2-9,15H,1H3. The van der Waals surface area contributed by atoms with Crippen molar-refractivity contribution in [1.82, 2.24) is 0 Å². The van der Waals surface area contributed by atoms with Gasteiger partial charge in [0.1, 0.15) is 6.10 Å². The van der Waals surface area contributed by atoms with Crippen LogP contribution in [-0.4, -0.2) is 12.9 Å². The van der Waals surface area contributed by atoms with Gasteiger partial charge in [0.2, 0.25) is 0 Å². The summed E-state index contributed by atoms with van der Waals surface area (Å²) in [6, 6.07) is 14.6. The number of methoxy groups -OCH3 is 1. The van der Waals surface area contributed by atoms with Crippen LogP contribution in [0.5, 0.6) is 0 Å². The SMILES string of the molecule is COC(C(=O)c1c(Cl)cccc1Br)c1ccccc1. The zero-order valence-electron chi connectivity index (χ0n) is 10.3. The molecule has 0 spiro atoms. The highest BCUT2D eigenvalue weighted by molar-refractivity contribution is 9.10. The van der Waals surface area contributed by atoms with E-state index in [-0.39, 0.29) is 5.78 Å². The average molecular weight is 340 g/mol. The number of benzene rings is 2. The van der Waals surface area contributed by atoms with Gasteiger partial charge in [0.15, 0.2) is 5.78 Å². The Morgan fingerprint density at radius 3 is 2.42 bits per heavy atom. The van der Waals surface area contributed by atoms with Crippen LogP contribution >= 0.6 is 27.5 Å². The van der Waals surface area contributed by atoms with Gasteiger partial charge < -0.3 is 4.74 Å². The molecule has 2 rings (SSSR count). The van der Waals surface area contributed by atoms with Crippen LogP contribution in [0.15, 0.2) is 53.0 Å². The zero-order valence-corrected chi connectivity index (χ0v) is 12.6. The van der Waals surface area contributed by atoms with Gasteiger partial charge in [-0.15, -0.1) is 0 Å². The van der Waals surface area contributed by atoms with Crippen LogP contribution in [0.3, 0.4) is 0 Å². The second-order valence-corrected chi connectivity index (χ2v) is 5.25. The summed E-state index contributed by atoms with van der Waals surface area (Å²) in [6.07, 6.45) is -0.655. The van der Waals surface area contributed by atoms with Crippen LogP contribution in [-0.2, 0) is 4.74 Å². The Balaban J connectivity index is 2.42. The van der Waals surface area contributed by atoms with Gasteiger partial charge >= 0.3 is 0 Å². The molecule has 0 amide bonds. The summed E-state index contributed by atoms with van der Waals surface area (Å²) in [4.78, 5) is 12.6. The summed E-state index contributed by atoms with van der Waals surface area (Å²) in [5, 5.41) is 0.414. The molecular formula is C15H12BrClO2. The third-order valence-electron chi connectivity index (χ3n) is 2.79. The fourth-order valence-electron chi connectivity index (χ4n) is 1.89. The van der Waals surface area contributed by atoms with Crippen molar-refractivity contribution < 1.29 is 9.53 Å². The van der Waals surface area contributed by atoms with Crippen molar-refractivity contribution in [2.24, 2.45) is 0 Å². The zero-order chi connectivity index (χ0) is 13.8. The second-order valence-electron chi connectivity index (χ2n) is 3.99. The van der Waals surface area contributed by atoms with Gasteiger partial charge in [-0.25, -0.2) is 0 Å². The Kier molecular flexibility index (Phi) is 4.75. The molecule has 0 aliphatic heterocycles. The molecule has 98 valence electrons. The molecule has 2 aromatic rings. The summed E-state index contributed by atoms with van der Waals surface area (Å²) in [5.74, 6) is -0.161. The molecule has 0 saturated heterocycles. The lowest BCUT2D eigenvalue weighted by Crippen LogP contribution is -2.15. The van der Waals surface area contributed by atoms with E-state index in [0.717, 1.165) is 5.56 Å². The van der Waals surface area contributed by atoms with E-state index >= 15 is 0 Å². The Bertz CT molecular complexity index is 564. The predicted octanol–water partition coefficient (Wildman–Crippen LogP) is 4.67. The monoisotopic (exact) mass is 338 g/mol. The first-order valence-corrected chi connectivity index (χ1v) is 6.88. The van der Waals surface area contributed by atoms with Crippen LogP contribution in [0.25, 0.3) is 0 Å². The number of ketones is 1. The van der Waals surface area contributed by atoms with Crippen molar-refractivity contribution in [3.63, 3.8) is 0 Å². The molecule has 1 atom stereocenters. The molecule has 0 N–H and O–H groups in total. The number of halogens is 2. The molecule has 0 aliphatic rings. The minimum Gasteiger partial charge on any atom is -0.369 e. The van der Waals surface area contributed by atoms with Crippen molar-refractivity contribution in [3.05, 3.63) is 69.2 Å². The molecule has 2 aromatic carbocycles. The smallest absolute Gasteiger partial charge is 0.198 e. The van der Waals surface area contributed by atoms with E-state index in [1.165, 1.54) is 7.11 Å². The maximum Gasteiger partial charge on any atom is 0.198 e. The molecular weight excluding hydrogens is 328 g/mol. The molecule has 1 unspecified atom stereocenters. The highest BCUT2D eigenvalue weighted by atomic mass is 79.9. The first-order chi connectivity index (χ1) is 9.15. The van der Waals surface area contributed by atoms with E-state index in [2.05, 4.69) is 15.9 Å². The molecule has 0 fully saturated rings. The second kappa shape index (κ2) is 6.33. The average Bonchev–Trinajstić information content (AvgIpc) is 2.40. The van der Waals surface area contributed by atoms with Crippen molar-refractivity contribution in [2.45, 2.75) is 6.10 Å². The van der Waals surface area contributed by atoms with Gasteiger partial charge in [-0.3, -0.25) is 4.79 Å². The number of rotatable bonds is 4. The Labute approximate surface area is 125 Å². The first kappa shape index (κ1) is 14.3. The normalized spacial score (nSPS) is 12.2. The first-order valence-electron chi connectivity index (χ1n) is 5.71. The Hall–Kier alpha value is -1.16. The van der Waals surface area contributed by atoms with Crippen LogP contribution < -0.4 is 0 Å². The van der Waals surface area contributed by atoms with E-state index in [0.29, 0.717) is 15.1 Å². The van der Waals surface area contributed by atoms with E-state index in [1.807, 2.05) is 30.3 Å². The Morgan fingerprint density at radius 2 is 1.84 bits per heavy atom. The molecule has 0 bridgehead atoms. The van der Waals surface area contributed by atoms with E-state index in [1.54, 1.807) is 18.2 Å². The van der Waals surface area contributed by atoms with Gasteiger partial charge in [-0.1, -0.05) is 48.0 Å². The molecule has 19 heavy (non-hydrogen) atoms. The minimum atomic E-state index is -0.655. The number of Topliss-reactive ketones (excluding diaryl/α,β-unsaturated/α-hetero) is 1. The highest BCUT2D eigenvalue weighted by Crippen LogP contribution is 2.30. The lowest BCUT2D eigenvalue weighted by molar-refractivity contribution is 0.0603.